The van der Waals surface area contributed by atoms with Crippen LogP contribution < -0.4 is 5.32 Å². The lowest BCUT2D eigenvalue weighted by Crippen LogP contribution is -2.40. The number of fused-ring (bicyclic) bond motifs is 2. The Hall–Kier alpha value is -0.860. The molecule has 6 nitrogen and oxygen atoms in total. The minimum atomic E-state index is 0. The van der Waals surface area contributed by atoms with Crippen LogP contribution in [0.3, 0.4) is 0 Å². The molecule has 1 saturated heterocycles. The highest BCUT2D eigenvalue weighted by molar-refractivity contribution is 14.0. The Bertz CT molecular complexity index is 584. The first kappa shape index (κ1) is 18.9. The Morgan fingerprint density at radius 2 is 1.84 bits per heavy atom. The summed E-state index contributed by atoms with van der Waals surface area (Å²) in [6.45, 7) is 4.13. The molecule has 1 aliphatic carbocycles. The fourth-order valence-corrected chi connectivity index (χ4v) is 4.75. The number of nitrogens with one attached hydrogen (secondary N) is 1. The van der Waals surface area contributed by atoms with Gasteiger partial charge in [0.1, 0.15) is 5.82 Å². The number of nitrogens with zero attached hydrogens (tertiary/aromatic N) is 5. The van der Waals surface area contributed by atoms with Crippen LogP contribution in [0.2, 0.25) is 0 Å². The number of likely N-dealkylation sites (tertiary alicyclic amines) is 1. The van der Waals surface area contributed by atoms with Gasteiger partial charge >= 0.3 is 0 Å². The molecule has 0 aromatic carbocycles. The quantitative estimate of drug-likeness (QED) is 0.421. The molecular weight excluding hydrogens is 427 g/mol. The van der Waals surface area contributed by atoms with E-state index in [1.165, 1.54) is 58.0 Å². The first-order valence-corrected chi connectivity index (χ1v) is 9.71. The highest BCUT2D eigenvalue weighted by Gasteiger charge is 2.35. The van der Waals surface area contributed by atoms with Crippen molar-refractivity contribution in [2.75, 3.05) is 20.1 Å². The molecule has 3 aliphatic rings. The first-order chi connectivity index (χ1) is 11.8. The molecule has 0 spiro atoms. The van der Waals surface area contributed by atoms with Crippen molar-refractivity contribution in [2.24, 2.45) is 16.8 Å². The van der Waals surface area contributed by atoms with Gasteiger partial charge in [0.15, 0.2) is 11.8 Å². The van der Waals surface area contributed by atoms with Crippen molar-refractivity contribution in [3.8, 4) is 0 Å². The van der Waals surface area contributed by atoms with Crippen molar-refractivity contribution in [1.82, 2.24) is 25.0 Å². The van der Waals surface area contributed by atoms with Crippen molar-refractivity contribution in [3.63, 3.8) is 0 Å². The van der Waals surface area contributed by atoms with E-state index < -0.39 is 0 Å². The van der Waals surface area contributed by atoms with E-state index in [4.69, 9.17) is 0 Å². The predicted octanol–water partition coefficient (Wildman–Crippen LogP) is 2.82. The van der Waals surface area contributed by atoms with Gasteiger partial charge in [-0.2, -0.15) is 0 Å². The van der Waals surface area contributed by atoms with Gasteiger partial charge in [-0.1, -0.05) is 19.3 Å². The molecule has 2 atom stereocenters. The molecule has 2 aliphatic heterocycles. The Morgan fingerprint density at radius 3 is 2.56 bits per heavy atom. The zero-order chi connectivity index (χ0) is 16.4. The van der Waals surface area contributed by atoms with Crippen LogP contribution in [0.1, 0.15) is 56.6 Å². The maximum Gasteiger partial charge on any atom is 0.194 e. The second-order valence-corrected chi connectivity index (χ2v) is 7.61. The van der Waals surface area contributed by atoms with E-state index in [9.17, 15) is 0 Å². The van der Waals surface area contributed by atoms with Gasteiger partial charge in [0, 0.05) is 33.1 Å². The number of guanidine groups is 1. The molecule has 4 rings (SSSR count). The van der Waals surface area contributed by atoms with Gasteiger partial charge in [-0.3, -0.25) is 4.99 Å². The third kappa shape index (κ3) is 4.11. The monoisotopic (exact) mass is 458 g/mol. The fourth-order valence-electron chi connectivity index (χ4n) is 4.75. The van der Waals surface area contributed by atoms with Crippen molar-refractivity contribution in [2.45, 2.75) is 64.5 Å². The van der Waals surface area contributed by atoms with E-state index in [1.54, 1.807) is 0 Å². The summed E-state index contributed by atoms with van der Waals surface area (Å²) in [5.74, 6) is 5.01. The number of halogens is 1. The molecular formula is C18H31IN6. The standard InChI is InChI=1S/C18H30N6.HI/c1-19-18(23-12-14-7-4-5-8-15(14)13-23)20-11-17-22-21-16-9-3-2-6-10-24(16)17;/h14-15H,2-13H2,1H3,(H,19,20);1H. The smallest absolute Gasteiger partial charge is 0.194 e. The van der Waals surface area contributed by atoms with E-state index in [2.05, 4.69) is 30.0 Å². The van der Waals surface area contributed by atoms with E-state index in [-0.39, 0.29) is 24.0 Å². The number of hydrogen-bond acceptors (Lipinski definition) is 3. The first-order valence-electron chi connectivity index (χ1n) is 9.71. The second kappa shape index (κ2) is 8.68. The molecule has 2 unspecified atom stereocenters. The maximum atomic E-state index is 4.53. The van der Waals surface area contributed by atoms with Gasteiger partial charge in [-0.25, -0.2) is 0 Å². The number of aliphatic imine (C=N–C) groups is 1. The Kier molecular flexibility index (Phi) is 6.57. The molecule has 0 radical (unpaired) electrons. The van der Waals surface area contributed by atoms with Crippen molar-refractivity contribution in [3.05, 3.63) is 11.6 Å². The number of aryl methyl sites for hydroxylation is 1. The maximum absolute atomic E-state index is 4.53. The minimum Gasteiger partial charge on any atom is -0.349 e. The molecule has 25 heavy (non-hydrogen) atoms. The van der Waals surface area contributed by atoms with E-state index in [0.717, 1.165) is 49.0 Å². The van der Waals surface area contributed by atoms with E-state index >= 15 is 0 Å². The molecule has 7 heteroatoms. The molecule has 3 heterocycles. The van der Waals surface area contributed by atoms with Crippen LogP contribution in [0.5, 0.6) is 0 Å². The highest BCUT2D eigenvalue weighted by atomic mass is 127. The largest absolute Gasteiger partial charge is 0.349 e. The summed E-state index contributed by atoms with van der Waals surface area (Å²) in [6.07, 6.45) is 10.5. The Labute approximate surface area is 167 Å². The summed E-state index contributed by atoms with van der Waals surface area (Å²) in [4.78, 5) is 6.99. The van der Waals surface area contributed by atoms with Gasteiger partial charge in [-0.15, -0.1) is 34.2 Å². The highest BCUT2D eigenvalue weighted by Crippen LogP contribution is 2.35. The van der Waals surface area contributed by atoms with E-state index in [1.807, 2.05) is 7.05 Å². The van der Waals surface area contributed by atoms with Gasteiger partial charge < -0.3 is 14.8 Å². The summed E-state index contributed by atoms with van der Waals surface area (Å²) in [5, 5.41) is 12.4. The molecule has 1 aromatic heterocycles. The normalized spacial score (nSPS) is 26.4. The van der Waals surface area contributed by atoms with Crippen LogP contribution in [-0.4, -0.2) is 45.8 Å². The summed E-state index contributed by atoms with van der Waals surface area (Å²) < 4.78 is 2.32. The lowest BCUT2D eigenvalue weighted by molar-refractivity contribution is 0.299. The third-order valence-electron chi connectivity index (χ3n) is 6.08. The SMILES string of the molecule is CN=C(NCc1nnc2n1CCCCC2)N1CC2CCCCC2C1.I. The van der Waals surface area contributed by atoms with Gasteiger partial charge in [0.05, 0.1) is 6.54 Å². The van der Waals surface area contributed by atoms with Crippen LogP contribution in [-0.2, 0) is 19.5 Å². The molecule has 1 aromatic rings. The summed E-state index contributed by atoms with van der Waals surface area (Å²) in [7, 11) is 1.90. The lowest BCUT2D eigenvalue weighted by atomic mass is 9.82. The van der Waals surface area contributed by atoms with E-state index in [0.29, 0.717) is 0 Å². The van der Waals surface area contributed by atoms with Crippen LogP contribution in [0.4, 0.5) is 0 Å². The lowest BCUT2D eigenvalue weighted by Gasteiger charge is -2.22. The molecule has 0 bridgehead atoms. The third-order valence-corrected chi connectivity index (χ3v) is 6.08. The fraction of sp³-hybridized carbons (Fsp3) is 0.833. The zero-order valence-corrected chi connectivity index (χ0v) is 17.6. The van der Waals surface area contributed by atoms with Crippen LogP contribution in [0, 0.1) is 11.8 Å². The minimum absolute atomic E-state index is 0. The number of aromatic nitrogens is 3. The number of rotatable bonds is 2. The molecule has 0 amide bonds. The van der Waals surface area contributed by atoms with Gasteiger partial charge in [0.25, 0.3) is 0 Å². The summed E-state index contributed by atoms with van der Waals surface area (Å²) >= 11 is 0. The van der Waals surface area contributed by atoms with Crippen molar-refractivity contribution < 1.29 is 0 Å². The molecule has 1 saturated carbocycles. The Balaban J connectivity index is 0.00000182. The van der Waals surface area contributed by atoms with Crippen LogP contribution in [0.15, 0.2) is 4.99 Å². The topological polar surface area (TPSA) is 58.3 Å². The van der Waals surface area contributed by atoms with Crippen LogP contribution >= 0.6 is 24.0 Å². The van der Waals surface area contributed by atoms with Crippen LogP contribution in [0.25, 0.3) is 0 Å². The number of hydrogen-bond donors (Lipinski definition) is 1. The average Bonchev–Trinajstić information content (AvgIpc) is 3.12. The summed E-state index contributed by atoms with van der Waals surface area (Å²) in [6, 6.07) is 0. The van der Waals surface area contributed by atoms with Crippen molar-refractivity contribution >= 4 is 29.9 Å². The van der Waals surface area contributed by atoms with Gasteiger partial charge in [-0.05, 0) is 37.5 Å². The molecule has 140 valence electrons. The Morgan fingerprint density at radius 1 is 1.08 bits per heavy atom. The summed E-state index contributed by atoms with van der Waals surface area (Å²) in [5.41, 5.74) is 0. The zero-order valence-electron chi connectivity index (χ0n) is 15.3. The predicted molar refractivity (Wildman–Crippen MR) is 110 cm³/mol. The second-order valence-electron chi connectivity index (χ2n) is 7.61. The molecule has 1 N–H and O–H groups in total. The van der Waals surface area contributed by atoms with Crippen molar-refractivity contribution in [1.29, 1.82) is 0 Å². The molecule has 2 fully saturated rings. The van der Waals surface area contributed by atoms with Gasteiger partial charge in [0.2, 0.25) is 0 Å². The average molecular weight is 458 g/mol.